The van der Waals surface area contributed by atoms with Gasteiger partial charge in [-0.3, -0.25) is 4.79 Å². The monoisotopic (exact) mass is 407 g/mol. The van der Waals surface area contributed by atoms with E-state index in [9.17, 15) is 4.79 Å². The second-order valence-corrected chi connectivity index (χ2v) is 6.58. The number of hydrogen-bond donors (Lipinski definition) is 1. The van der Waals surface area contributed by atoms with E-state index in [0.717, 1.165) is 30.6 Å². The van der Waals surface area contributed by atoms with Gasteiger partial charge in [-0.25, -0.2) is 9.97 Å². The lowest BCUT2D eigenvalue weighted by Gasteiger charge is -2.30. The highest BCUT2D eigenvalue weighted by Crippen LogP contribution is 2.17. The summed E-state index contributed by atoms with van der Waals surface area (Å²) >= 11 is 0. The van der Waals surface area contributed by atoms with Crippen LogP contribution >= 0.6 is 24.8 Å². The van der Waals surface area contributed by atoms with Crippen LogP contribution in [0.2, 0.25) is 0 Å². The van der Waals surface area contributed by atoms with E-state index in [1.807, 2.05) is 33.7 Å². The Kier molecular flexibility index (Phi) is 7.18. The summed E-state index contributed by atoms with van der Waals surface area (Å²) < 4.78 is 2.00. The molecule has 0 aliphatic carbocycles. The van der Waals surface area contributed by atoms with Gasteiger partial charge in [0.15, 0.2) is 5.65 Å². The lowest BCUT2D eigenvalue weighted by molar-refractivity contribution is 0.0708. The molecule has 0 bridgehead atoms. The number of halogens is 2. The predicted octanol–water partition coefficient (Wildman–Crippen LogP) is 2.89. The van der Waals surface area contributed by atoms with Crippen LogP contribution in [0.1, 0.15) is 28.8 Å². The van der Waals surface area contributed by atoms with Crippen LogP contribution < -0.4 is 5.73 Å². The Morgan fingerprint density at radius 1 is 1.19 bits per heavy atom. The maximum absolute atomic E-state index is 12.7. The number of hydrogen-bond acceptors (Lipinski definition) is 4. The molecule has 2 N–H and O–H groups in total. The van der Waals surface area contributed by atoms with Gasteiger partial charge < -0.3 is 15.2 Å². The Labute approximate surface area is 170 Å². The van der Waals surface area contributed by atoms with Crippen LogP contribution in [0.4, 0.5) is 0 Å². The summed E-state index contributed by atoms with van der Waals surface area (Å²) in [7, 11) is 0. The molecule has 1 aromatic carbocycles. The maximum atomic E-state index is 12.7. The van der Waals surface area contributed by atoms with Crippen molar-refractivity contribution in [2.24, 2.45) is 5.73 Å². The number of rotatable bonds is 3. The summed E-state index contributed by atoms with van der Waals surface area (Å²) in [5.74, 6) is -0.0119. The number of piperidine rings is 1. The number of pyridine rings is 1. The van der Waals surface area contributed by atoms with Crippen LogP contribution in [0, 0.1) is 0 Å². The van der Waals surface area contributed by atoms with Gasteiger partial charge in [0.1, 0.15) is 5.52 Å². The van der Waals surface area contributed by atoms with Crippen molar-refractivity contribution in [2.45, 2.75) is 25.4 Å². The summed E-state index contributed by atoms with van der Waals surface area (Å²) in [6.45, 7) is 2.07. The van der Waals surface area contributed by atoms with Crippen molar-refractivity contribution in [1.82, 2.24) is 19.4 Å². The Morgan fingerprint density at radius 3 is 2.70 bits per heavy atom. The molecule has 3 heterocycles. The zero-order valence-electron chi connectivity index (χ0n) is 14.8. The van der Waals surface area contributed by atoms with Crippen molar-refractivity contribution < 1.29 is 4.79 Å². The molecular weight excluding hydrogens is 385 g/mol. The van der Waals surface area contributed by atoms with Gasteiger partial charge in [0.05, 0.1) is 18.4 Å². The topological polar surface area (TPSA) is 77.0 Å². The SMILES string of the molecule is Cl.Cl.N[C@H]1CCCN(C(=O)c2cnc3c(c2)ncn3Cc2ccccc2)C1. The fourth-order valence-corrected chi connectivity index (χ4v) is 3.34. The van der Waals surface area contributed by atoms with E-state index in [4.69, 9.17) is 5.73 Å². The van der Waals surface area contributed by atoms with E-state index in [1.54, 1.807) is 12.5 Å². The molecule has 3 aromatic rings. The van der Waals surface area contributed by atoms with Crippen molar-refractivity contribution in [3.05, 3.63) is 60.0 Å². The molecule has 0 saturated carbocycles. The Bertz CT molecular complexity index is 900. The minimum Gasteiger partial charge on any atom is -0.337 e. The molecule has 2 aromatic heterocycles. The fraction of sp³-hybridized carbons (Fsp3) is 0.316. The second-order valence-electron chi connectivity index (χ2n) is 6.58. The van der Waals surface area contributed by atoms with Gasteiger partial charge in [0.25, 0.3) is 5.91 Å². The van der Waals surface area contributed by atoms with E-state index in [-0.39, 0.29) is 36.8 Å². The molecule has 1 atom stereocenters. The summed E-state index contributed by atoms with van der Waals surface area (Å²) in [4.78, 5) is 23.4. The molecule has 27 heavy (non-hydrogen) atoms. The van der Waals surface area contributed by atoms with E-state index < -0.39 is 0 Å². The fourth-order valence-electron chi connectivity index (χ4n) is 3.34. The zero-order chi connectivity index (χ0) is 17.2. The summed E-state index contributed by atoms with van der Waals surface area (Å²) in [6, 6.07) is 12.1. The predicted molar refractivity (Wildman–Crippen MR) is 111 cm³/mol. The average molecular weight is 408 g/mol. The highest BCUT2D eigenvalue weighted by Gasteiger charge is 2.23. The molecular formula is C19H23Cl2N5O. The maximum Gasteiger partial charge on any atom is 0.255 e. The molecule has 8 heteroatoms. The molecule has 0 radical (unpaired) electrons. The number of nitrogens with zero attached hydrogens (tertiary/aromatic N) is 4. The normalized spacial score (nSPS) is 16.5. The van der Waals surface area contributed by atoms with Crippen molar-refractivity contribution >= 4 is 41.9 Å². The number of benzene rings is 1. The molecule has 0 spiro atoms. The van der Waals surface area contributed by atoms with Crippen molar-refractivity contribution in [3.63, 3.8) is 0 Å². The third-order valence-electron chi connectivity index (χ3n) is 4.64. The van der Waals surface area contributed by atoms with E-state index in [2.05, 4.69) is 22.1 Å². The van der Waals surface area contributed by atoms with Crippen molar-refractivity contribution in [1.29, 1.82) is 0 Å². The van der Waals surface area contributed by atoms with E-state index >= 15 is 0 Å². The molecule has 1 aliphatic heterocycles. The minimum atomic E-state index is -0.0119. The lowest BCUT2D eigenvalue weighted by Crippen LogP contribution is -2.45. The van der Waals surface area contributed by atoms with Gasteiger partial charge in [-0.05, 0) is 24.5 Å². The zero-order valence-corrected chi connectivity index (χ0v) is 16.5. The molecule has 1 aliphatic rings. The smallest absolute Gasteiger partial charge is 0.255 e. The molecule has 1 fully saturated rings. The number of imidazole rings is 1. The number of likely N-dealkylation sites (tertiary alicyclic amines) is 1. The van der Waals surface area contributed by atoms with E-state index in [1.165, 1.54) is 5.56 Å². The van der Waals surface area contributed by atoms with Crippen molar-refractivity contribution in [2.75, 3.05) is 13.1 Å². The minimum absolute atomic E-state index is 0. The van der Waals surface area contributed by atoms with Gasteiger partial charge in [0.2, 0.25) is 0 Å². The first-order valence-electron chi connectivity index (χ1n) is 8.60. The largest absolute Gasteiger partial charge is 0.337 e. The van der Waals surface area contributed by atoms with Crippen LogP contribution in [0.15, 0.2) is 48.9 Å². The summed E-state index contributed by atoms with van der Waals surface area (Å²) in [5, 5.41) is 0. The van der Waals surface area contributed by atoms with Crippen LogP contribution in [0.5, 0.6) is 0 Å². The van der Waals surface area contributed by atoms with Crippen LogP contribution in [0.25, 0.3) is 11.2 Å². The number of aromatic nitrogens is 3. The standard InChI is InChI=1S/C19H21N5O.2ClH/c20-16-7-4-8-23(12-16)19(25)15-9-17-18(21-10-15)24(13-22-17)11-14-5-2-1-3-6-14;;/h1-3,5-6,9-10,13,16H,4,7-8,11-12,20H2;2*1H/t16-;;/m0../s1. The Hall–Kier alpha value is -2.15. The quantitative estimate of drug-likeness (QED) is 0.723. The van der Waals surface area contributed by atoms with E-state index in [0.29, 0.717) is 18.7 Å². The van der Waals surface area contributed by atoms with Crippen LogP contribution in [-0.2, 0) is 6.54 Å². The number of nitrogens with two attached hydrogens (primary N) is 1. The van der Waals surface area contributed by atoms with Gasteiger partial charge in [-0.2, -0.15) is 0 Å². The first kappa shape index (κ1) is 21.2. The van der Waals surface area contributed by atoms with Gasteiger partial charge in [0, 0.05) is 25.3 Å². The average Bonchev–Trinajstić information content (AvgIpc) is 3.04. The molecule has 6 nitrogen and oxygen atoms in total. The van der Waals surface area contributed by atoms with Crippen LogP contribution in [0.3, 0.4) is 0 Å². The highest BCUT2D eigenvalue weighted by atomic mass is 35.5. The lowest BCUT2D eigenvalue weighted by atomic mass is 10.1. The van der Waals surface area contributed by atoms with Gasteiger partial charge in [-0.1, -0.05) is 30.3 Å². The first-order chi connectivity index (χ1) is 12.2. The molecule has 4 rings (SSSR count). The number of fused-ring (bicyclic) bond motifs is 1. The van der Waals surface area contributed by atoms with Gasteiger partial charge in [-0.15, -0.1) is 24.8 Å². The first-order valence-corrected chi connectivity index (χ1v) is 8.60. The van der Waals surface area contributed by atoms with Gasteiger partial charge >= 0.3 is 0 Å². The second kappa shape index (κ2) is 9.17. The Balaban J connectivity index is 0.00000131. The number of carbonyl (C=O) groups excluding carboxylic acids is 1. The number of amides is 1. The van der Waals surface area contributed by atoms with Crippen LogP contribution in [-0.4, -0.2) is 44.5 Å². The molecule has 1 amide bonds. The van der Waals surface area contributed by atoms with Crippen molar-refractivity contribution in [3.8, 4) is 0 Å². The number of carbonyl (C=O) groups is 1. The molecule has 1 saturated heterocycles. The summed E-state index contributed by atoms with van der Waals surface area (Å²) in [5.41, 5.74) is 9.27. The highest BCUT2D eigenvalue weighted by molar-refractivity contribution is 5.96. The third kappa shape index (κ3) is 4.58. The summed E-state index contributed by atoms with van der Waals surface area (Å²) in [6.07, 6.45) is 5.35. The Morgan fingerprint density at radius 2 is 1.96 bits per heavy atom. The molecule has 0 unspecified atom stereocenters. The third-order valence-corrected chi connectivity index (χ3v) is 4.64. The molecule has 144 valence electrons.